The van der Waals surface area contributed by atoms with Crippen LogP contribution in [0.3, 0.4) is 0 Å². The molecule has 1 aliphatic heterocycles. The van der Waals surface area contributed by atoms with E-state index in [0.717, 1.165) is 18.4 Å². The molecule has 11 nitrogen and oxygen atoms in total. The maximum atomic E-state index is 12.2. The van der Waals surface area contributed by atoms with E-state index in [-0.39, 0.29) is 11.5 Å². The second kappa shape index (κ2) is 10.4. The number of esters is 1. The fraction of sp³-hybridized carbons (Fsp3) is 0.333. The van der Waals surface area contributed by atoms with Gasteiger partial charge in [-0.05, 0) is 23.8 Å². The third kappa shape index (κ3) is 5.52. The zero-order valence-electron chi connectivity index (χ0n) is 16.6. The molecule has 5 atom stereocenters. The van der Waals surface area contributed by atoms with E-state index in [1.54, 1.807) is 12.1 Å². The molecule has 0 spiro atoms. The fourth-order valence-corrected chi connectivity index (χ4v) is 2.88. The van der Waals surface area contributed by atoms with E-state index in [1.165, 1.54) is 18.2 Å². The number of aliphatic hydroxyl groups is 4. The SMILES string of the molecule is O=C(/C=C/c1ccc(O)cc1)OCc1occc(=O)c1O[C@@H]1OC(CO)[C@@H](O)[C@H](O)[C@@H]1O. The quantitative estimate of drug-likeness (QED) is 0.266. The van der Waals surface area contributed by atoms with Gasteiger partial charge in [-0.3, -0.25) is 4.79 Å². The summed E-state index contributed by atoms with van der Waals surface area (Å²) in [5, 5.41) is 48.3. The van der Waals surface area contributed by atoms with Gasteiger partial charge in [-0.1, -0.05) is 12.1 Å². The first-order valence-electron chi connectivity index (χ1n) is 9.52. The molecule has 2 heterocycles. The number of aromatic hydroxyl groups is 1. The third-order valence-corrected chi connectivity index (χ3v) is 4.64. The minimum absolute atomic E-state index is 0.0794. The molecular weight excluding hydrogens is 428 g/mol. The van der Waals surface area contributed by atoms with Gasteiger partial charge in [0.2, 0.25) is 17.5 Å². The standard InChI is InChI=1S/C21H22O11/c22-9-14-17(26)18(27)19(28)21(31-14)32-20-13(24)7-8-29-15(20)10-30-16(25)6-3-11-1-4-12(23)5-2-11/h1-8,14,17-19,21-23,26-28H,9-10H2/b6-3+/t14?,17-,18+,19+,21+/m1/s1. The molecule has 0 amide bonds. The summed E-state index contributed by atoms with van der Waals surface area (Å²) in [4.78, 5) is 24.2. The van der Waals surface area contributed by atoms with Crippen molar-refractivity contribution in [3.05, 3.63) is 64.2 Å². The second-order valence-corrected chi connectivity index (χ2v) is 6.88. The average molecular weight is 450 g/mol. The summed E-state index contributed by atoms with van der Waals surface area (Å²) in [5.74, 6) is -1.31. The molecule has 2 aromatic rings. The molecular formula is C21H22O11. The van der Waals surface area contributed by atoms with E-state index < -0.39 is 61.1 Å². The van der Waals surface area contributed by atoms with Gasteiger partial charge in [0.25, 0.3) is 0 Å². The van der Waals surface area contributed by atoms with Crippen molar-refractivity contribution in [2.24, 2.45) is 0 Å². The van der Waals surface area contributed by atoms with Crippen LogP contribution in [-0.2, 0) is 20.9 Å². The Morgan fingerprint density at radius 1 is 1.06 bits per heavy atom. The number of hydrogen-bond donors (Lipinski definition) is 5. The van der Waals surface area contributed by atoms with Crippen LogP contribution >= 0.6 is 0 Å². The third-order valence-electron chi connectivity index (χ3n) is 4.64. The minimum atomic E-state index is -1.74. The van der Waals surface area contributed by atoms with Crippen molar-refractivity contribution in [1.29, 1.82) is 0 Å². The molecule has 3 rings (SSSR count). The summed E-state index contributed by atoms with van der Waals surface area (Å²) in [7, 11) is 0. The van der Waals surface area contributed by atoms with Crippen LogP contribution in [0.5, 0.6) is 11.5 Å². The number of phenolic OH excluding ortho intramolecular Hbond substituents is 1. The predicted octanol–water partition coefficient (Wildman–Crippen LogP) is -0.719. The molecule has 32 heavy (non-hydrogen) atoms. The lowest BCUT2D eigenvalue weighted by Gasteiger charge is -2.39. The first kappa shape index (κ1) is 23.4. The highest BCUT2D eigenvalue weighted by atomic mass is 16.7. The van der Waals surface area contributed by atoms with Gasteiger partial charge in [0, 0.05) is 12.1 Å². The molecule has 1 saturated heterocycles. The van der Waals surface area contributed by atoms with E-state index in [1.807, 2.05) is 0 Å². The maximum absolute atomic E-state index is 12.2. The molecule has 0 radical (unpaired) electrons. The summed E-state index contributed by atoms with van der Waals surface area (Å²) in [6.45, 7) is -1.17. The molecule has 1 unspecified atom stereocenters. The van der Waals surface area contributed by atoms with Crippen molar-refractivity contribution in [1.82, 2.24) is 0 Å². The Hall–Kier alpha value is -3.22. The van der Waals surface area contributed by atoms with Crippen molar-refractivity contribution >= 4 is 12.0 Å². The minimum Gasteiger partial charge on any atom is -0.508 e. The van der Waals surface area contributed by atoms with Crippen molar-refractivity contribution in [3.63, 3.8) is 0 Å². The Labute approximate surface area is 181 Å². The summed E-state index contributed by atoms with van der Waals surface area (Å²) in [5.41, 5.74) is -0.0449. The van der Waals surface area contributed by atoms with Crippen LogP contribution in [0.2, 0.25) is 0 Å². The van der Waals surface area contributed by atoms with Gasteiger partial charge in [0.1, 0.15) is 30.2 Å². The number of carbonyl (C=O) groups is 1. The molecule has 1 aromatic heterocycles. The van der Waals surface area contributed by atoms with Gasteiger partial charge < -0.3 is 44.2 Å². The Morgan fingerprint density at radius 3 is 2.47 bits per heavy atom. The molecule has 0 aliphatic carbocycles. The number of rotatable bonds is 7. The van der Waals surface area contributed by atoms with Crippen molar-refractivity contribution in [3.8, 4) is 11.5 Å². The lowest BCUT2D eigenvalue weighted by Crippen LogP contribution is -2.60. The number of carbonyl (C=O) groups excluding carboxylic acids is 1. The smallest absolute Gasteiger partial charge is 0.331 e. The van der Waals surface area contributed by atoms with Crippen LogP contribution in [0.25, 0.3) is 6.08 Å². The molecule has 172 valence electrons. The second-order valence-electron chi connectivity index (χ2n) is 6.88. The highest BCUT2D eigenvalue weighted by Gasteiger charge is 2.45. The Kier molecular flexibility index (Phi) is 7.62. The predicted molar refractivity (Wildman–Crippen MR) is 106 cm³/mol. The molecule has 5 N–H and O–H groups in total. The van der Waals surface area contributed by atoms with Crippen molar-refractivity contribution < 1.29 is 49.0 Å². The van der Waals surface area contributed by atoms with Crippen molar-refractivity contribution in [2.45, 2.75) is 37.3 Å². The van der Waals surface area contributed by atoms with Crippen LogP contribution in [0, 0.1) is 0 Å². The molecule has 11 heteroatoms. The Balaban J connectivity index is 1.68. The van der Waals surface area contributed by atoms with Gasteiger partial charge in [-0.2, -0.15) is 0 Å². The van der Waals surface area contributed by atoms with Crippen molar-refractivity contribution in [2.75, 3.05) is 6.61 Å². The number of phenols is 1. The monoisotopic (exact) mass is 450 g/mol. The molecule has 1 aromatic carbocycles. The molecule has 1 fully saturated rings. The molecule has 0 bridgehead atoms. The topological polar surface area (TPSA) is 176 Å². The first-order chi connectivity index (χ1) is 15.3. The van der Waals surface area contributed by atoms with Gasteiger partial charge in [0.05, 0.1) is 12.9 Å². The van der Waals surface area contributed by atoms with Gasteiger partial charge in [0.15, 0.2) is 12.4 Å². The van der Waals surface area contributed by atoms with E-state index in [2.05, 4.69) is 0 Å². The summed E-state index contributed by atoms with van der Waals surface area (Å²) >= 11 is 0. The van der Waals surface area contributed by atoms with Crippen LogP contribution in [0.15, 0.2) is 51.9 Å². The zero-order valence-corrected chi connectivity index (χ0v) is 16.6. The largest absolute Gasteiger partial charge is 0.508 e. The molecule has 0 saturated carbocycles. The van der Waals surface area contributed by atoms with Crippen LogP contribution < -0.4 is 10.2 Å². The highest BCUT2D eigenvalue weighted by molar-refractivity contribution is 5.87. The summed E-state index contributed by atoms with van der Waals surface area (Å²) < 4.78 is 20.8. The Bertz CT molecular complexity index is 996. The Morgan fingerprint density at radius 2 is 1.78 bits per heavy atom. The lowest BCUT2D eigenvalue weighted by atomic mass is 9.99. The van der Waals surface area contributed by atoms with E-state index in [0.29, 0.717) is 5.56 Å². The molecule has 1 aliphatic rings. The number of ether oxygens (including phenoxy) is 3. The normalized spacial score (nSPS) is 25.6. The van der Waals surface area contributed by atoms with Crippen LogP contribution in [-0.4, -0.2) is 68.8 Å². The summed E-state index contributed by atoms with van der Waals surface area (Å²) in [6.07, 6.45) is -4.25. The van der Waals surface area contributed by atoms with Gasteiger partial charge in [-0.15, -0.1) is 0 Å². The van der Waals surface area contributed by atoms with Gasteiger partial charge >= 0.3 is 5.97 Å². The van der Waals surface area contributed by atoms with Crippen LogP contribution in [0.1, 0.15) is 11.3 Å². The fourth-order valence-electron chi connectivity index (χ4n) is 2.88. The van der Waals surface area contributed by atoms with Gasteiger partial charge in [-0.25, -0.2) is 4.79 Å². The van der Waals surface area contributed by atoms with E-state index >= 15 is 0 Å². The summed E-state index contributed by atoms with van der Waals surface area (Å²) in [6, 6.07) is 7.09. The zero-order chi connectivity index (χ0) is 23.3. The lowest BCUT2D eigenvalue weighted by molar-refractivity contribution is -0.278. The van der Waals surface area contributed by atoms with Crippen LogP contribution in [0.4, 0.5) is 0 Å². The van der Waals surface area contributed by atoms with E-state index in [9.17, 15) is 35.1 Å². The maximum Gasteiger partial charge on any atom is 0.331 e. The van der Waals surface area contributed by atoms with E-state index in [4.69, 9.17) is 18.6 Å². The average Bonchev–Trinajstić information content (AvgIpc) is 2.79. The first-order valence-corrected chi connectivity index (χ1v) is 9.52. The highest BCUT2D eigenvalue weighted by Crippen LogP contribution is 2.25. The number of hydrogen-bond acceptors (Lipinski definition) is 11. The number of benzene rings is 1. The number of aliphatic hydroxyl groups excluding tert-OH is 4.